The lowest BCUT2D eigenvalue weighted by Crippen LogP contribution is -2.07. The van der Waals surface area contributed by atoms with Crippen LogP contribution in [0.1, 0.15) is 9.60 Å². The molecular formula is C45H27N5S. The van der Waals surface area contributed by atoms with Crippen molar-refractivity contribution in [1.82, 2.24) is 24.1 Å². The van der Waals surface area contributed by atoms with E-state index in [1.807, 2.05) is 83.4 Å². The van der Waals surface area contributed by atoms with Crippen molar-refractivity contribution in [3.05, 3.63) is 164 Å². The first kappa shape index (κ1) is 22.2. The molecule has 0 radical (unpaired) electrons. The quantitative estimate of drug-likeness (QED) is 0.186. The summed E-state index contributed by atoms with van der Waals surface area (Å²) >= 11 is 1.05. The smallest absolute Gasteiger partial charge is 0.238 e. The van der Waals surface area contributed by atoms with Crippen molar-refractivity contribution in [2.45, 2.75) is 0 Å². The van der Waals surface area contributed by atoms with Gasteiger partial charge in [0.15, 0.2) is 11.6 Å². The van der Waals surface area contributed by atoms with Crippen molar-refractivity contribution in [3.63, 3.8) is 0 Å². The number of para-hydroxylation sites is 3. The number of aromatic nitrogens is 5. The van der Waals surface area contributed by atoms with Gasteiger partial charge in [0.05, 0.1) is 31.7 Å². The predicted molar refractivity (Wildman–Crippen MR) is 212 cm³/mol. The Bertz CT molecular complexity index is 3540. The third-order valence-corrected chi connectivity index (χ3v) is 10.6. The third-order valence-electron chi connectivity index (χ3n) is 9.50. The SMILES string of the molecule is [2H]c1c([2H])c([2H])c2c(sc3c(-c4nc(-c5ccccc5)nc(-n5c6ccccc6c6ccc7c8ccccc8n(-c8ccccc8)c7c65)n4)c([2H])c([2H])c([2H])c32)c1[2H]. The first-order valence-electron chi connectivity index (χ1n) is 20.0. The maximum Gasteiger partial charge on any atom is 0.238 e. The van der Waals surface area contributed by atoms with Crippen LogP contribution in [0.2, 0.25) is 0 Å². The fraction of sp³-hybridized carbons (Fsp3) is 0. The van der Waals surface area contributed by atoms with E-state index in [1.54, 1.807) is 0 Å². The first-order chi connectivity index (χ1) is 28.2. The monoisotopic (exact) mass is 676 g/mol. The van der Waals surface area contributed by atoms with Gasteiger partial charge in [0.2, 0.25) is 5.95 Å². The molecule has 5 nitrogen and oxygen atoms in total. The van der Waals surface area contributed by atoms with Crippen molar-refractivity contribution in [3.8, 4) is 34.4 Å². The molecule has 0 saturated heterocycles. The van der Waals surface area contributed by atoms with Crippen molar-refractivity contribution >= 4 is 75.1 Å². The van der Waals surface area contributed by atoms with Crippen LogP contribution >= 0.6 is 11.3 Å². The second-order valence-electron chi connectivity index (χ2n) is 12.3. The summed E-state index contributed by atoms with van der Waals surface area (Å²) in [7, 11) is 0. The first-order valence-corrected chi connectivity index (χ1v) is 17.3. The summed E-state index contributed by atoms with van der Waals surface area (Å²) in [6.07, 6.45) is 0. The Morgan fingerprint density at radius 1 is 0.471 bits per heavy atom. The summed E-state index contributed by atoms with van der Waals surface area (Å²) in [6.45, 7) is 0. The summed E-state index contributed by atoms with van der Waals surface area (Å²) in [5.41, 5.74) is 5.52. The lowest BCUT2D eigenvalue weighted by Gasteiger charge is -2.13. The lowest BCUT2D eigenvalue weighted by atomic mass is 10.1. The predicted octanol–water partition coefficient (Wildman–Crippen LogP) is 11.8. The van der Waals surface area contributed by atoms with Gasteiger partial charge in [-0.1, -0.05) is 127 Å². The Morgan fingerprint density at radius 2 is 1.08 bits per heavy atom. The van der Waals surface area contributed by atoms with Crippen LogP contribution < -0.4 is 0 Å². The number of benzene rings is 7. The number of rotatable bonds is 4. The number of hydrogen-bond donors (Lipinski definition) is 0. The second-order valence-corrected chi connectivity index (χ2v) is 13.3. The second kappa shape index (κ2) is 10.9. The molecule has 0 aliphatic rings. The van der Waals surface area contributed by atoms with Crippen LogP contribution in [0, 0.1) is 0 Å². The summed E-state index contributed by atoms with van der Waals surface area (Å²) in [4.78, 5) is 15.3. The minimum atomic E-state index is -0.431. The van der Waals surface area contributed by atoms with Crippen molar-refractivity contribution in [2.75, 3.05) is 0 Å². The highest BCUT2D eigenvalue weighted by Crippen LogP contribution is 2.43. The van der Waals surface area contributed by atoms with E-state index >= 15 is 0 Å². The van der Waals surface area contributed by atoms with Gasteiger partial charge in [-0.2, -0.15) is 9.97 Å². The summed E-state index contributed by atoms with van der Waals surface area (Å²) in [5, 5.41) is 4.39. The Kier molecular flexibility index (Phi) is 4.75. The summed E-state index contributed by atoms with van der Waals surface area (Å²) < 4.78 is 66.5. The van der Waals surface area contributed by atoms with Crippen molar-refractivity contribution in [1.29, 1.82) is 0 Å². The minimum absolute atomic E-state index is 0.0795. The van der Waals surface area contributed by atoms with Gasteiger partial charge in [-0.15, -0.1) is 11.3 Å². The van der Waals surface area contributed by atoms with E-state index in [-0.39, 0.29) is 57.0 Å². The molecule has 6 heteroatoms. The third kappa shape index (κ3) is 4.17. The highest BCUT2D eigenvalue weighted by Gasteiger charge is 2.24. The number of fused-ring (bicyclic) bond motifs is 10. The van der Waals surface area contributed by atoms with Crippen molar-refractivity contribution < 1.29 is 9.60 Å². The zero-order chi connectivity index (χ0) is 39.6. The molecule has 238 valence electrons. The largest absolute Gasteiger partial charge is 0.307 e. The summed E-state index contributed by atoms with van der Waals surface area (Å²) in [5.74, 6) is 0.671. The molecule has 11 rings (SSSR count). The molecular weight excluding hydrogens is 643 g/mol. The number of thiophene rings is 1. The summed E-state index contributed by atoms with van der Waals surface area (Å²) in [6, 6.07) is 38.0. The van der Waals surface area contributed by atoms with E-state index in [0.717, 1.165) is 60.6 Å². The standard InChI is InChI=1S/C45H27N5S/c1-3-14-28(15-4-1)43-46-44(36-22-13-21-35-32-20-9-12-25-39(32)51-42(35)36)48-45(47-43)50-38-24-11-8-19-31(38)34-27-26-33-30-18-7-10-23-37(30)49(40(33)41(34)50)29-16-5-2-6-17-29/h1-27H/i9D,12D,13D,20D,21D,22D,25D. The fourth-order valence-corrected chi connectivity index (χ4v) is 8.39. The van der Waals surface area contributed by atoms with Crippen LogP contribution in [0.25, 0.3) is 98.2 Å². The highest BCUT2D eigenvalue weighted by atomic mass is 32.1. The average Bonchev–Trinajstić information content (AvgIpc) is 3.93. The van der Waals surface area contributed by atoms with Crippen LogP contribution in [-0.4, -0.2) is 24.1 Å². The van der Waals surface area contributed by atoms with Gasteiger partial charge < -0.3 is 4.57 Å². The minimum Gasteiger partial charge on any atom is -0.307 e. The molecule has 0 atom stereocenters. The van der Waals surface area contributed by atoms with E-state index < -0.39 is 18.1 Å². The molecule has 11 aromatic rings. The topological polar surface area (TPSA) is 48.5 Å². The molecule has 51 heavy (non-hydrogen) atoms. The molecule has 0 fully saturated rings. The average molecular weight is 677 g/mol. The van der Waals surface area contributed by atoms with Gasteiger partial charge in [-0.05, 0) is 36.4 Å². The zero-order valence-corrected chi connectivity index (χ0v) is 27.5. The van der Waals surface area contributed by atoms with E-state index in [2.05, 4.69) is 47.0 Å². The molecule has 0 N–H and O–H groups in total. The normalized spacial score (nSPS) is 13.8. The van der Waals surface area contributed by atoms with Crippen LogP contribution in [0.5, 0.6) is 0 Å². The highest BCUT2D eigenvalue weighted by molar-refractivity contribution is 7.26. The molecule has 0 bridgehead atoms. The maximum absolute atomic E-state index is 9.32. The number of nitrogens with zero attached hydrogens (tertiary/aromatic N) is 5. The molecule has 0 aliphatic heterocycles. The fourth-order valence-electron chi connectivity index (χ4n) is 7.33. The van der Waals surface area contributed by atoms with E-state index in [9.17, 15) is 1.37 Å². The molecule has 0 unspecified atom stereocenters. The Morgan fingerprint density at radius 3 is 1.84 bits per heavy atom. The molecule has 0 amide bonds. The Balaban J connectivity index is 1.32. The Labute approximate surface area is 306 Å². The van der Waals surface area contributed by atoms with Crippen LogP contribution in [-0.2, 0) is 0 Å². The van der Waals surface area contributed by atoms with Gasteiger partial charge in [0.25, 0.3) is 0 Å². The molecule has 0 aliphatic carbocycles. The van der Waals surface area contributed by atoms with Crippen LogP contribution in [0.3, 0.4) is 0 Å². The molecule has 0 saturated carbocycles. The Hall–Kier alpha value is -6.63. The van der Waals surface area contributed by atoms with E-state index in [0.29, 0.717) is 16.1 Å². The molecule has 4 heterocycles. The van der Waals surface area contributed by atoms with Crippen LogP contribution in [0.4, 0.5) is 0 Å². The van der Waals surface area contributed by atoms with Gasteiger partial charge in [-0.25, -0.2) is 4.98 Å². The van der Waals surface area contributed by atoms with Gasteiger partial charge in [0, 0.05) is 58.5 Å². The lowest BCUT2D eigenvalue weighted by molar-refractivity contribution is 0.954. The van der Waals surface area contributed by atoms with Crippen molar-refractivity contribution in [2.24, 2.45) is 0 Å². The zero-order valence-electron chi connectivity index (χ0n) is 33.7. The van der Waals surface area contributed by atoms with Gasteiger partial charge in [0.1, 0.15) is 0 Å². The maximum atomic E-state index is 9.32. The molecule has 4 aromatic heterocycles. The van der Waals surface area contributed by atoms with Gasteiger partial charge in [-0.3, -0.25) is 4.57 Å². The van der Waals surface area contributed by atoms with Gasteiger partial charge >= 0.3 is 0 Å². The van der Waals surface area contributed by atoms with Crippen LogP contribution in [0.15, 0.2) is 164 Å². The van der Waals surface area contributed by atoms with E-state index in [4.69, 9.17) is 23.2 Å². The van der Waals surface area contributed by atoms with E-state index in [1.165, 1.54) is 0 Å². The number of hydrogen-bond acceptors (Lipinski definition) is 4. The molecule has 7 aromatic carbocycles. The molecule has 0 spiro atoms.